The Bertz CT molecular complexity index is 1130. The van der Waals surface area contributed by atoms with Crippen molar-refractivity contribution in [3.8, 4) is 5.75 Å². The highest BCUT2D eigenvalue weighted by molar-refractivity contribution is 7.92. The molecule has 0 spiro atoms. The summed E-state index contributed by atoms with van der Waals surface area (Å²) in [6.45, 7) is 6.35. The Hall–Kier alpha value is -2.55. The summed E-state index contributed by atoms with van der Waals surface area (Å²) in [5.41, 5.74) is 2.97. The molecule has 0 radical (unpaired) electrons. The quantitative estimate of drug-likeness (QED) is 0.625. The molecule has 1 saturated heterocycles. The van der Waals surface area contributed by atoms with Gasteiger partial charge in [0.05, 0.1) is 24.0 Å². The van der Waals surface area contributed by atoms with Gasteiger partial charge in [0.25, 0.3) is 10.0 Å². The summed E-state index contributed by atoms with van der Waals surface area (Å²) in [4.78, 5) is 2.54. The molecule has 1 fully saturated rings. The Balaban J connectivity index is 1.69. The molecule has 0 aliphatic carbocycles. The van der Waals surface area contributed by atoms with Crippen molar-refractivity contribution < 1.29 is 17.6 Å². The molecule has 1 aromatic heterocycles. The van der Waals surface area contributed by atoms with Crippen LogP contribution in [0.15, 0.2) is 52.0 Å². The van der Waals surface area contributed by atoms with Gasteiger partial charge in [-0.1, -0.05) is 6.07 Å². The SMILES string of the molecule is COc1ccc(C)cc1NS(=O)(=O)c1cc(CN2CCCNCC2)c2occc2c1. The molecule has 3 aromatic rings. The highest BCUT2D eigenvalue weighted by Crippen LogP contribution is 2.30. The summed E-state index contributed by atoms with van der Waals surface area (Å²) in [6.07, 6.45) is 2.67. The van der Waals surface area contributed by atoms with Crippen LogP contribution in [0.2, 0.25) is 0 Å². The molecule has 0 saturated carbocycles. The molecule has 4 rings (SSSR count). The number of furan rings is 1. The van der Waals surface area contributed by atoms with Gasteiger partial charge in [-0.05, 0) is 62.3 Å². The summed E-state index contributed by atoms with van der Waals surface area (Å²) in [6, 6.07) is 10.6. The fourth-order valence-electron chi connectivity index (χ4n) is 3.80. The summed E-state index contributed by atoms with van der Waals surface area (Å²) < 4.78 is 40.1. The smallest absolute Gasteiger partial charge is 0.262 e. The molecular weight excluding hydrogens is 402 g/mol. The number of nitrogens with one attached hydrogen (secondary N) is 2. The number of methoxy groups -OCH3 is 1. The van der Waals surface area contributed by atoms with E-state index in [0.717, 1.165) is 54.7 Å². The monoisotopic (exact) mass is 429 g/mol. The lowest BCUT2D eigenvalue weighted by atomic mass is 10.1. The maximum absolute atomic E-state index is 13.2. The highest BCUT2D eigenvalue weighted by atomic mass is 32.2. The van der Waals surface area contributed by atoms with Crippen LogP contribution in [0.3, 0.4) is 0 Å². The van der Waals surface area contributed by atoms with Gasteiger partial charge in [0.15, 0.2) is 0 Å². The molecular formula is C22H27N3O4S. The van der Waals surface area contributed by atoms with E-state index in [1.807, 2.05) is 13.0 Å². The Labute approximate surface area is 177 Å². The summed E-state index contributed by atoms with van der Waals surface area (Å²) in [5.74, 6) is 0.478. The number of nitrogens with zero attached hydrogens (tertiary/aromatic N) is 1. The number of anilines is 1. The predicted molar refractivity (Wildman–Crippen MR) is 118 cm³/mol. The molecule has 1 aliphatic heterocycles. The molecule has 2 aromatic carbocycles. The van der Waals surface area contributed by atoms with E-state index in [2.05, 4.69) is 14.9 Å². The minimum atomic E-state index is -3.81. The number of ether oxygens (including phenoxy) is 1. The zero-order valence-electron chi connectivity index (χ0n) is 17.3. The third-order valence-corrected chi connectivity index (χ3v) is 6.68. The molecule has 1 aliphatic rings. The van der Waals surface area contributed by atoms with Crippen LogP contribution in [0.4, 0.5) is 5.69 Å². The Kier molecular flexibility index (Phi) is 5.99. The number of rotatable bonds is 6. The molecule has 0 unspecified atom stereocenters. The van der Waals surface area contributed by atoms with Crippen LogP contribution in [0.1, 0.15) is 17.5 Å². The summed E-state index contributed by atoms with van der Waals surface area (Å²) in [7, 11) is -2.28. The second-order valence-electron chi connectivity index (χ2n) is 7.61. The minimum absolute atomic E-state index is 0.211. The van der Waals surface area contributed by atoms with Gasteiger partial charge >= 0.3 is 0 Å². The fourth-order valence-corrected chi connectivity index (χ4v) is 4.95. The average Bonchev–Trinajstić information content (AvgIpc) is 3.05. The maximum atomic E-state index is 13.2. The normalized spacial score (nSPS) is 15.8. The van der Waals surface area contributed by atoms with E-state index < -0.39 is 10.0 Å². The molecule has 7 nitrogen and oxygen atoms in total. The lowest BCUT2D eigenvalue weighted by molar-refractivity contribution is 0.284. The molecule has 30 heavy (non-hydrogen) atoms. The standard InChI is InChI=1S/C22H27N3O4S/c1-16-4-5-21(28-2)20(12-16)24-30(26,27)19-13-17-6-11-29-22(17)18(14-19)15-25-9-3-7-23-8-10-25/h4-6,11-14,23-24H,3,7-10,15H2,1-2H3. The van der Waals surface area contributed by atoms with Gasteiger partial charge in [-0.3, -0.25) is 9.62 Å². The van der Waals surface area contributed by atoms with E-state index >= 15 is 0 Å². The third kappa shape index (κ3) is 4.45. The first-order valence-corrected chi connectivity index (χ1v) is 11.6. The van der Waals surface area contributed by atoms with E-state index in [0.29, 0.717) is 18.0 Å². The zero-order chi connectivity index (χ0) is 21.1. The molecule has 2 heterocycles. The number of sulfonamides is 1. The first kappa shape index (κ1) is 20.7. The summed E-state index contributed by atoms with van der Waals surface area (Å²) >= 11 is 0. The minimum Gasteiger partial charge on any atom is -0.495 e. The Morgan fingerprint density at radius 1 is 1.17 bits per heavy atom. The number of hydrogen-bond donors (Lipinski definition) is 2. The molecule has 0 amide bonds. The second-order valence-corrected chi connectivity index (χ2v) is 9.29. The predicted octanol–water partition coefficient (Wildman–Crippen LogP) is 3.35. The van der Waals surface area contributed by atoms with Crippen molar-refractivity contribution in [2.45, 2.75) is 24.8 Å². The lowest BCUT2D eigenvalue weighted by Gasteiger charge is -2.20. The van der Waals surface area contributed by atoms with E-state index in [9.17, 15) is 8.42 Å². The topological polar surface area (TPSA) is 83.8 Å². The van der Waals surface area contributed by atoms with E-state index in [1.165, 1.54) is 7.11 Å². The molecule has 8 heteroatoms. The zero-order valence-corrected chi connectivity index (χ0v) is 18.1. The van der Waals surface area contributed by atoms with Crippen LogP contribution in [-0.2, 0) is 16.6 Å². The lowest BCUT2D eigenvalue weighted by Crippen LogP contribution is -2.27. The number of benzene rings is 2. The van der Waals surface area contributed by atoms with Gasteiger partial charge in [0.2, 0.25) is 0 Å². The largest absolute Gasteiger partial charge is 0.495 e. The van der Waals surface area contributed by atoms with Gasteiger partial charge in [-0.2, -0.15) is 0 Å². The van der Waals surface area contributed by atoms with Gasteiger partial charge in [0.1, 0.15) is 11.3 Å². The van der Waals surface area contributed by atoms with Crippen LogP contribution < -0.4 is 14.8 Å². The van der Waals surface area contributed by atoms with Crippen molar-refractivity contribution >= 4 is 26.7 Å². The first-order valence-electron chi connectivity index (χ1n) is 10.1. The van der Waals surface area contributed by atoms with Gasteiger partial charge in [-0.25, -0.2) is 8.42 Å². The maximum Gasteiger partial charge on any atom is 0.262 e. The van der Waals surface area contributed by atoms with E-state index in [1.54, 1.807) is 36.6 Å². The van der Waals surface area contributed by atoms with Crippen LogP contribution in [0.5, 0.6) is 5.75 Å². The number of hydrogen-bond acceptors (Lipinski definition) is 6. The summed E-state index contributed by atoms with van der Waals surface area (Å²) in [5, 5.41) is 4.17. The van der Waals surface area contributed by atoms with Crippen LogP contribution in [0.25, 0.3) is 11.0 Å². The van der Waals surface area contributed by atoms with Crippen molar-refractivity contribution in [3.05, 3.63) is 53.8 Å². The van der Waals surface area contributed by atoms with E-state index in [-0.39, 0.29) is 4.90 Å². The van der Waals surface area contributed by atoms with Gasteiger partial charge in [-0.15, -0.1) is 0 Å². The molecule has 2 N–H and O–H groups in total. The van der Waals surface area contributed by atoms with E-state index in [4.69, 9.17) is 9.15 Å². The van der Waals surface area contributed by atoms with Gasteiger partial charge < -0.3 is 14.5 Å². The van der Waals surface area contributed by atoms with Crippen LogP contribution in [0, 0.1) is 6.92 Å². The fraction of sp³-hybridized carbons (Fsp3) is 0.364. The van der Waals surface area contributed by atoms with Gasteiger partial charge in [0, 0.05) is 30.6 Å². The molecule has 0 bridgehead atoms. The van der Waals surface area contributed by atoms with Crippen molar-refractivity contribution in [2.75, 3.05) is 38.0 Å². The first-order chi connectivity index (χ1) is 14.5. The van der Waals surface area contributed by atoms with Crippen molar-refractivity contribution in [1.82, 2.24) is 10.2 Å². The van der Waals surface area contributed by atoms with Crippen LogP contribution in [-0.4, -0.2) is 46.6 Å². The average molecular weight is 430 g/mol. The molecule has 160 valence electrons. The Morgan fingerprint density at radius 3 is 2.87 bits per heavy atom. The number of aryl methyl sites for hydroxylation is 1. The van der Waals surface area contributed by atoms with Crippen molar-refractivity contribution in [1.29, 1.82) is 0 Å². The third-order valence-electron chi connectivity index (χ3n) is 5.34. The second kappa shape index (κ2) is 8.67. The van der Waals surface area contributed by atoms with Crippen LogP contribution >= 0.6 is 0 Å². The highest BCUT2D eigenvalue weighted by Gasteiger charge is 2.21. The number of fused-ring (bicyclic) bond motifs is 1. The molecule has 0 atom stereocenters. The Morgan fingerprint density at radius 2 is 2.03 bits per heavy atom. The van der Waals surface area contributed by atoms with Crippen molar-refractivity contribution in [2.24, 2.45) is 0 Å². The van der Waals surface area contributed by atoms with Crippen molar-refractivity contribution in [3.63, 3.8) is 0 Å².